The molecule has 0 amide bonds. The molecule has 0 saturated heterocycles. The zero-order valence-electron chi connectivity index (χ0n) is 43.4. The third-order valence-corrected chi connectivity index (χ3v) is 17.5. The zero-order chi connectivity index (χ0) is 49.3. The van der Waals surface area contributed by atoms with Gasteiger partial charge in [0.15, 0.2) is 0 Å². The minimum absolute atomic E-state index is 0.124. The first-order valence-corrected chi connectivity index (χ1v) is 22.9. The fraction of sp³-hybridized carbons (Fsp3) is 0.111. The number of imidazole rings is 1. The fourth-order valence-corrected chi connectivity index (χ4v) is 12.3. The van der Waals surface area contributed by atoms with Crippen LogP contribution in [0.3, 0.4) is 0 Å². The molecule has 0 atom stereocenters. The van der Waals surface area contributed by atoms with E-state index in [4.69, 9.17) is 23.4 Å². The zero-order valence-corrected chi connectivity index (χ0v) is 34.4. The van der Waals surface area contributed by atoms with Gasteiger partial charge in [0.05, 0.1) is 55.2 Å². The maximum absolute atomic E-state index is 9.01. The normalized spacial score (nSPS) is 14.1. The summed E-state index contributed by atoms with van der Waals surface area (Å²) in [7, 11) is -1.72. The van der Waals surface area contributed by atoms with E-state index in [2.05, 4.69) is 62.0 Å². The van der Waals surface area contributed by atoms with E-state index in [0.717, 1.165) is 45.8 Å². The van der Waals surface area contributed by atoms with E-state index in [9.17, 15) is 0 Å². The van der Waals surface area contributed by atoms with Crippen LogP contribution in [0.25, 0.3) is 72.3 Å². The lowest BCUT2D eigenvalue weighted by Gasteiger charge is -2.29. The Hall–Kier alpha value is -7.02. The molecule has 0 aliphatic heterocycles. The second-order valence-electron chi connectivity index (χ2n) is 14.8. The van der Waals surface area contributed by atoms with Crippen molar-refractivity contribution >= 4 is 46.1 Å². The third kappa shape index (κ3) is 6.41. The van der Waals surface area contributed by atoms with E-state index in [0.29, 0.717) is 28.2 Å². The summed E-state index contributed by atoms with van der Waals surface area (Å²) in [5.74, 6) is 2.00. The first kappa shape index (κ1) is 27.6. The van der Waals surface area contributed by atoms with Crippen molar-refractivity contribution in [1.82, 2.24) is 14.1 Å². The molecule has 0 saturated carbocycles. The van der Waals surface area contributed by atoms with Crippen molar-refractivity contribution in [1.29, 1.82) is 0 Å². The number of ether oxygens (including phenoxy) is 1. The molecule has 60 heavy (non-hydrogen) atoms. The smallest absolute Gasteiger partial charge is 0.269 e. The van der Waals surface area contributed by atoms with Gasteiger partial charge in [-0.1, -0.05) is 171 Å². The second-order valence-corrected chi connectivity index (χ2v) is 20.1. The Bertz CT molecular complexity index is 3600. The number of hydrogen-bond donors (Lipinski definition) is 0. The van der Waals surface area contributed by atoms with Crippen LogP contribution < -0.4 is 14.5 Å². The van der Waals surface area contributed by atoms with E-state index in [1.165, 1.54) is 5.19 Å². The van der Waals surface area contributed by atoms with E-state index in [-0.39, 0.29) is 27.9 Å². The standard InChI is InChI=1S/C54H46N4OSi/c1-4-60(5-2,6-3)44-33-34-55-53(37-44)58-49-28-14-13-25-47(49)48-32-31-43(36-52(48)58)59-42-24-17-23-41(35-42)56-38-57(51-30-16-15-29-50(51)56)54-45(39-19-9-7-10-20-39)26-18-27-46(54)40-21-11-8-12-22-40/h7-37H,4-6H2,1-3H3/i7D,8D,9D,10D,11D,12D,19D,20D,21D,22D. The van der Waals surface area contributed by atoms with Gasteiger partial charge in [0.2, 0.25) is 0 Å². The highest BCUT2D eigenvalue weighted by Crippen LogP contribution is 2.37. The largest absolute Gasteiger partial charge is 0.458 e. The molecular weight excluding hydrogens is 749 g/mol. The first-order valence-electron chi connectivity index (χ1n) is 25.2. The monoisotopic (exact) mass is 804 g/mol. The molecule has 0 bridgehead atoms. The first-order chi connectivity index (χ1) is 33.7. The van der Waals surface area contributed by atoms with Crippen molar-refractivity contribution in [2.75, 3.05) is 0 Å². The summed E-state index contributed by atoms with van der Waals surface area (Å²) in [5.41, 5.74) is 4.14. The van der Waals surface area contributed by atoms with Gasteiger partial charge in [0.1, 0.15) is 17.3 Å². The number of aromatic nitrogens is 4. The summed E-state index contributed by atoms with van der Waals surface area (Å²) in [6.45, 7) is 6.93. The van der Waals surface area contributed by atoms with Gasteiger partial charge >= 0.3 is 0 Å². The highest BCUT2D eigenvalue weighted by atomic mass is 28.3. The predicted molar refractivity (Wildman–Crippen MR) is 250 cm³/mol. The topological polar surface area (TPSA) is 35.9 Å². The Morgan fingerprint density at radius 3 is 1.97 bits per heavy atom. The van der Waals surface area contributed by atoms with Gasteiger partial charge in [-0.3, -0.25) is 13.7 Å². The molecule has 0 radical (unpaired) electrons. The predicted octanol–water partition coefficient (Wildman–Crippen LogP) is 13.0. The van der Waals surface area contributed by atoms with Crippen LogP contribution in [0.2, 0.25) is 18.1 Å². The fourth-order valence-electron chi connectivity index (χ4n) is 8.69. The van der Waals surface area contributed by atoms with Crippen molar-refractivity contribution in [3.63, 3.8) is 0 Å². The molecule has 3 aromatic heterocycles. The molecule has 5 nitrogen and oxygen atoms in total. The van der Waals surface area contributed by atoms with Crippen LogP contribution in [-0.2, 0) is 0 Å². The van der Waals surface area contributed by atoms with Crippen molar-refractivity contribution in [2.45, 2.75) is 38.9 Å². The SMILES string of the molecule is [2H]c1c([2H])c([2H])c(-c2cccc(-c3c([2H])c([2H])c([2H])c([2H])c3[2H])c2-[n+]2[c-]n(-c3cccc(Oc4ccc5c6ccccc6n(-c6cc([Si](CC)(CC)CC)ccn6)c5c4)c3)c3ccccc32)c([2H])c1[2H]. The molecule has 0 N–H and O–H groups in total. The second kappa shape index (κ2) is 15.6. The summed E-state index contributed by atoms with van der Waals surface area (Å²) in [6, 6.07) is 36.9. The van der Waals surface area contributed by atoms with Crippen molar-refractivity contribution in [2.24, 2.45) is 0 Å². The summed E-state index contributed by atoms with van der Waals surface area (Å²) in [6.07, 6.45) is 5.39. The number of fused-ring (bicyclic) bond motifs is 4. The van der Waals surface area contributed by atoms with E-state index in [1.807, 2.05) is 79.0 Å². The lowest BCUT2D eigenvalue weighted by Crippen LogP contribution is -2.45. The molecule has 10 rings (SSSR count). The van der Waals surface area contributed by atoms with Gasteiger partial charge in [0, 0.05) is 23.0 Å². The van der Waals surface area contributed by atoms with Crippen LogP contribution in [0.15, 0.2) is 188 Å². The Morgan fingerprint density at radius 1 is 0.617 bits per heavy atom. The number of para-hydroxylation sites is 4. The molecule has 292 valence electrons. The van der Waals surface area contributed by atoms with Crippen LogP contribution in [0, 0.1) is 6.33 Å². The summed E-state index contributed by atoms with van der Waals surface area (Å²) in [4.78, 5) is 4.94. The molecule has 6 heteroatoms. The van der Waals surface area contributed by atoms with Crippen LogP contribution in [-0.4, -0.2) is 22.2 Å². The maximum Gasteiger partial charge on any atom is 0.269 e. The molecule has 0 spiro atoms. The minimum atomic E-state index is -1.72. The average Bonchev–Trinajstić information content (AvgIpc) is 3.93. The summed E-state index contributed by atoms with van der Waals surface area (Å²) < 4.78 is 99.3. The minimum Gasteiger partial charge on any atom is -0.458 e. The van der Waals surface area contributed by atoms with Gasteiger partial charge in [-0.05, 0) is 70.8 Å². The lowest BCUT2D eigenvalue weighted by atomic mass is 9.95. The van der Waals surface area contributed by atoms with Crippen molar-refractivity contribution < 1.29 is 23.0 Å². The lowest BCUT2D eigenvalue weighted by molar-refractivity contribution is -0.571. The number of benzene rings is 7. The van der Waals surface area contributed by atoms with Gasteiger partial charge in [0.25, 0.3) is 6.33 Å². The van der Waals surface area contributed by atoms with Crippen molar-refractivity contribution in [3.05, 3.63) is 194 Å². The molecule has 10 aromatic rings. The van der Waals surface area contributed by atoms with Crippen LogP contribution in [0.4, 0.5) is 0 Å². The van der Waals surface area contributed by atoms with Gasteiger partial charge in [-0.15, -0.1) is 0 Å². The van der Waals surface area contributed by atoms with Gasteiger partial charge in [-0.2, -0.15) is 0 Å². The summed E-state index contributed by atoms with van der Waals surface area (Å²) in [5, 5.41) is 3.58. The molecular formula is C54H46N4OSi. The molecule has 3 heterocycles. The van der Waals surface area contributed by atoms with Crippen molar-refractivity contribution in [3.8, 4) is 50.9 Å². The average molecular weight is 805 g/mol. The quantitative estimate of drug-likeness (QED) is 0.0742. The van der Waals surface area contributed by atoms with Crippen LogP contribution in [0.5, 0.6) is 11.5 Å². The van der Waals surface area contributed by atoms with Crippen LogP contribution >= 0.6 is 0 Å². The molecule has 7 aromatic carbocycles. The van der Waals surface area contributed by atoms with E-state index >= 15 is 0 Å². The Kier molecular flexibility index (Phi) is 7.19. The van der Waals surface area contributed by atoms with E-state index < -0.39 is 68.5 Å². The highest BCUT2D eigenvalue weighted by molar-refractivity contribution is 6.91. The third-order valence-electron chi connectivity index (χ3n) is 11.9. The molecule has 0 unspecified atom stereocenters. The van der Waals surface area contributed by atoms with Crippen LogP contribution in [0.1, 0.15) is 34.5 Å². The van der Waals surface area contributed by atoms with Gasteiger partial charge < -0.3 is 4.74 Å². The molecule has 0 fully saturated rings. The van der Waals surface area contributed by atoms with Gasteiger partial charge in [-0.25, -0.2) is 4.98 Å². The highest BCUT2D eigenvalue weighted by Gasteiger charge is 2.30. The Labute approximate surface area is 366 Å². The Morgan fingerprint density at radius 2 is 1.25 bits per heavy atom. The molecule has 0 aliphatic rings. The Balaban J connectivity index is 1.13. The molecule has 0 aliphatic carbocycles. The number of nitrogens with zero attached hydrogens (tertiary/aromatic N) is 4. The number of hydrogen-bond acceptors (Lipinski definition) is 2. The maximum atomic E-state index is 9.01. The van der Waals surface area contributed by atoms with E-state index in [1.54, 1.807) is 27.3 Å². The summed E-state index contributed by atoms with van der Waals surface area (Å²) >= 11 is 0. The number of rotatable bonds is 11. The number of pyridine rings is 1.